The van der Waals surface area contributed by atoms with Crippen molar-refractivity contribution in [2.45, 2.75) is 6.54 Å². The zero-order valence-electron chi connectivity index (χ0n) is 10.3. The van der Waals surface area contributed by atoms with Gasteiger partial charge in [-0.1, -0.05) is 0 Å². The first-order valence-corrected chi connectivity index (χ1v) is 6.69. The number of hydrogen-bond donors (Lipinski definition) is 0. The number of halogens is 1. The standard InChI is InChI=1S/C11H17IN2O4/c1-16-4-5-18-7-6-17-3-2-14-11(15)8-10(12)9-13-14/h8-9H,2-7H2,1H3. The summed E-state index contributed by atoms with van der Waals surface area (Å²) in [4.78, 5) is 11.5. The molecule has 0 N–H and O–H groups in total. The molecule has 1 aromatic heterocycles. The lowest BCUT2D eigenvalue weighted by Gasteiger charge is -2.06. The molecule has 102 valence electrons. The molecule has 0 amide bonds. The number of aromatic nitrogens is 2. The van der Waals surface area contributed by atoms with E-state index in [9.17, 15) is 4.79 Å². The number of nitrogens with zero attached hydrogens (tertiary/aromatic N) is 2. The molecule has 0 aliphatic carbocycles. The van der Waals surface area contributed by atoms with Crippen molar-refractivity contribution in [3.63, 3.8) is 0 Å². The Balaban J connectivity index is 2.09. The van der Waals surface area contributed by atoms with Gasteiger partial charge in [-0.05, 0) is 22.6 Å². The summed E-state index contributed by atoms with van der Waals surface area (Å²) in [7, 11) is 1.63. The van der Waals surface area contributed by atoms with Gasteiger partial charge in [0.1, 0.15) is 0 Å². The van der Waals surface area contributed by atoms with Crippen LogP contribution in [0.2, 0.25) is 0 Å². The molecular weight excluding hydrogens is 351 g/mol. The van der Waals surface area contributed by atoms with Gasteiger partial charge >= 0.3 is 0 Å². The molecule has 1 heterocycles. The molecule has 7 heteroatoms. The van der Waals surface area contributed by atoms with Gasteiger partial charge in [-0.15, -0.1) is 0 Å². The summed E-state index contributed by atoms with van der Waals surface area (Å²) in [6, 6.07) is 1.54. The topological polar surface area (TPSA) is 62.6 Å². The van der Waals surface area contributed by atoms with Gasteiger partial charge < -0.3 is 14.2 Å². The highest BCUT2D eigenvalue weighted by Crippen LogP contribution is 1.95. The van der Waals surface area contributed by atoms with Gasteiger partial charge in [-0.2, -0.15) is 5.10 Å². The van der Waals surface area contributed by atoms with Crippen LogP contribution in [0, 0.1) is 3.57 Å². The summed E-state index contributed by atoms with van der Waals surface area (Å²) in [6.07, 6.45) is 1.65. The maximum Gasteiger partial charge on any atom is 0.267 e. The van der Waals surface area contributed by atoms with Crippen molar-refractivity contribution < 1.29 is 14.2 Å². The summed E-state index contributed by atoms with van der Waals surface area (Å²) in [5.41, 5.74) is -0.109. The van der Waals surface area contributed by atoms with Gasteiger partial charge in [-0.25, -0.2) is 4.68 Å². The first-order chi connectivity index (χ1) is 8.74. The SMILES string of the molecule is COCCOCCOCCn1ncc(I)cc1=O. The Kier molecular flexibility index (Phi) is 8.14. The highest BCUT2D eigenvalue weighted by Gasteiger charge is 1.98. The summed E-state index contributed by atoms with van der Waals surface area (Å²) in [5.74, 6) is 0. The maximum atomic E-state index is 11.5. The highest BCUT2D eigenvalue weighted by molar-refractivity contribution is 14.1. The summed E-state index contributed by atoms with van der Waals surface area (Å²) < 4.78 is 17.6. The van der Waals surface area contributed by atoms with E-state index in [0.29, 0.717) is 39.6 Å². The first-order valence-electron chi connectivity index (χ1n) is 5.61. The van der Waals surface area contributed by atoms with Gasteiger partial charge in [0.15, 0.2) is 0 Å². The molecule has 0 atom stereocenters. The lowest BCUT2D eigenvalue weighted by atomic mass is 10.5. The predicted octanol–water partition coefficient (Wildman–Crippen LogP) is 0.528. The fourth-order valence-electron chi connectivity index (χ4n) is 1.19. The Bertz CT molecular complexity index is 397. The second-order valence-electron chi connectivity index (χ2n) is 3.45. The van der Waals surface area contributed by atoms with Crippen LogP contribution in [0.25, 0.3) is 0 Å². The van der Waals surface area contributed by atoms with Crippen LogP contribution in [0.15, 0.2) is 17.1 Å². The summed E-state index contributed by atoms with van der Waals surface area (Å²) in [5, 5.41) is 4.01. The highest BCUT2D eigenvalue weighted by atomic mass is 127. The number of methoxy groups -OCH3 is 1. The summed E-state index contributed by atoms with van der Waals surface area (Å²) in [6.45, 7) is 3.08. The van der Waals surface area contributed by atoms with Gasteiger partial charge in [0.25, 0.3) is 5.56 Å². The molecule has 0 aliphatic heterocycles. The Labute approximate surface area is 119 Å². The van der Waals surface area contributed by atoms with E-state index in [1.807, 2.05) is 0 Å². The molecule has 0 saturated heterocycles. The monoisotopic (exact) mass is 368 g/mol. The molecule has 0 aliphatic rings. The van der Waals surface area contributed by atoms with E-state index >= 15 is 0 Å². The quantitative estimate of drug-likeness (QED) is 0.470. The van der Waals surface area contributed by atoms with E-state index in [4.69, 9.17) is 14.2 Å². The van der Waals surface area contributed by atoms with Crippen molar-refractivity contribution in [3.05, 3.63) is 26.2 Å². The Morgan fingerprint density at radius 2 is 1.89 bits per heavy atom. The van der Waals surface area contributed by atoms with Crippen LogP contribution in [-0.4, -0.2) is 49.9 Å². The first kappa shape index (κ1) is 15.5. The number of ether oxygens (including phenoxy) is 3. The molecular formula is C11H17IN2O4. The van der Waals surface area contributed by atoms with Gasteiger partial charge in [0, 0.05) is 16.7 Å². The minimum absolute atomic E-state index is 0.109. The molecule has 0 unspecified atom stereocenters. The maximum absolute atomic E-state index is 11.5. The van der Waals surface area contributed by atoms with Crippen molar-refractivity contribution in [2.75, 3.05) is 40.1 Å². The molecule has 1 rings (SSSR count). The van der Waals surface area contributed by atoms with Crippen molar-refractivity contribution in [2.24, 2.45) is 0 Å². The molecule has 0 bridgehead atoms. The Hall–Kier alpha value is -0.510. The lowest BCUT2D eigenvalue weighted by Crippen LogP contribution is -2.24. The van der Waals surface area contributed by atoms with Crippen LogP contribution in [0.1, 0.15) is 0 Å². The second kappa shape index (κ2) is 9.42. The van der Waals surface area contributed by atoms with Crippen molar-refractivity contribution >= 4 is 22.6 Å². The van der Waals surface area contributed by atoms with Crippen LogP contribution in [-0.2, 0) is 20.8 Å². The second-order valence-corrected chi connectivity index (χ2v) is 4.70. The van der Waals surface area contributed by atoms with E-state index in [-0.39, 0.29) is 5.56 Å². The minimum Gasteiger partial charge on any atom is -0.382 e. The number of hydrogen-bond acceptors (Lipinski definition) is 5. The van der Waals surface area contributed by atoms with Gasteiger partial charge in [0.2, 0.25) is 0 Å². The van der Waals surface area contributed by atoms with Crippen molar-refractivity contribution in [1.29, 1.82) is 0 Å². The molecule has 18 heavy (non-hydrogen) atoms. The largest absolute Gasteiger partial charge is 0.382 e. The molecule has 0 radical (unpaired) electrons. The average Bonchev–Trinajstić information content (AvgIpc) is 2.35. The fourth-order valence-corrected chi connectivity index (χ4v) is 1.59. The van der Waals surface area contributed by atoms with Crippen LogP contribution >= 0.6 is 22.6 Å². The van der Waals surface area contributed by atoms with Crippen LogP contribution in [0.4, 0.5) is 0 Å². The Morgan fingerprint density at radius 1 is 1.22 bits per heavy atom. The zero-order valence-corrected chi connectivity index (χ0v) is 12.5. The van der Waals surface area contributed by atoms with Gasteiger partial charge in [0.05, 0.1) is 45.8 Å². The molecule has 0 saturated carbocycles. The zero-order chi connectivity index (χ0) is 13.2. The van der Waals surface area contributed by atoms with E-state index in [2.05, 4.69) is 27.7 Å². The molecule has 1 aromatic rings. The third kappa shape index (κ3) is 6.43. The van der Waals surface area contributed by atoms with Crippen LogP contribution < -0.4 is 5.56 Å². The van der Waals surface area contributed by atoms with E-state index in [1.54, 1.807) is 19.4 Å². The van der Waals surface area contributed by atoms with Crippen molar-refractivity contribution in [1.82, 2.24) is 9.78 Å². The van der Waals surface area contributed by atoms with E-state index in [0.717, 1.165) is 3.57 Å². The Morgan fingerprint density at radius 3 is 2.56 bits per heavy atom. The molecule has 0 fully saturated rings. The van der Waals surface area contributed by atoms with Crippen molar-refractivity contribution in [3.8, 4) is 0 Å². The number of rotatable bonds is 9. The van der Waals surface area contributed by atoms with Gasteiger partial charge in [-0.3, -0.25) is 4.79 Å². The smallest absolute Gasteiger partial charge is 0.267 e. The third-order valence-corrected chi connectivity index (χ3v) is 2.68. The van der Waals surface area contributed by atoms with E-state index in [1.165, 1.54) is 4.68 Å². The third-order valence-electron chi connectivity index (χ3n) is 2.09. The fraction of sp³-hybridized carbons (Fsp3) is 0.636. The van der Waals surface area contributed by atoms with E-state index < -0.39 is 0 Å². The normalized spacial score (nSPS) is 10.8. The lowest BCUT2D eigenvalue weighted by molar-refractivity contribution is 0.0223. The molecule has 0 aromatic carbocycles. The molecule has 6 nitrogen and oxygen atoms in total. The minimum atomic E-state index is -0.109. The average molecular weight is 368 g/mol. The molecule has 0 spiro atoms. The van der Waals surface area contributed by atoms with Crippen LogP contribution in [0.3, 0.4) is 0 Å². The summed E-state index contributed by atoms with van der Waals surface area (Å²) >= 11 is 2.06. The predicted molar refractivity (Wildman–Crippen MR) is 74.7 cm³/mol. The van der Waals surface area contributed by atoms with Crippen LogP contribution in [0.5, 0.6) is 0 Å².